The van der Waals surface area contributed by atoms with Crippen LogP contribution in [0.2, 0.25) is 0 Å². The van der Waals surface area contributed by atoms with Crippen molar-refractivity contribution in [2.24, 2.45) is 46.3 Å². The van der Waals surface area contributed by atoms with Gasteiger partial charge < -0.3 is 64.5 Å². The van der Waals surface area contributed by atoms with Crippen LogP contribution in [0.3, 0.4) is 0 Å². The molecule has 2 saturated heterocycles. The lowest BCUT2D eigenvalue weighted by Crippen LogP contribution is -2.68. The van der Waals surface area contributed by atoms with Crippen LogP contribution in [0.25, 0.3) is 0 Å². The zero-order chi connectivity index (χ0) is 37.2. The fourth-order valence-electron chi connectivity index (χ4n) is 12.1. The number of methoxy groups -OCH3 is 1. The molecule has 4 aliphatic carbocycles. The van der Waals surface area contributed by atoms with Crippen molar-refractivity contribution in [2.75, 3.05) is 20.3 Å². The summed E-state index contributed by atoms with van der Waals surface area (Å²) < 4.78 is 28.8. The largest absolute Gasteiger partial charge is 0.393 e. The molecule has 6 aliphatic rings. The molecule has 6 rings (SSSR count). The van der Waals surface area contributed by atoms with Gasteiger partial charge in [0, 0.05) is 19.4 Å². The SMILES string of the molecule is CO[C@H]1[C@H](OC[C@@H]2O[C@@H](O[C@@H](CC[C@@H](C)[C@H]3C[C@@H](O)[C@@H]4[C@]3(C)CC[C@@H]3[C@@]5(C)CC[C@H](O)C[C@@H]5[C@@H](O)C[C@]34O)C(C)C)[C@H](O)[C@H]2O)OC[C@@H](O)[C@@H]1O. The van der Waals surface area contributed by atoms with Gasteiger partial charge in [0.2, 0.25) is 0 Å². The van der Waals surface area contributed by atoms with E-state index in [1.807, 2.05) is 13.8 Å². The van der Waals surface area contributed by atoms with Gasteiger partial charge in [0.1, 0.15) is 36.6 Å². The van der Waals surface area contributed by atoms with Crippen LogP contribution in [-0.4, -0.2) is 140 Å². The van der Waals surface area contributed by atoms with E-state index < -0.39 is 73.1 Å². The number of rotatable bonds is 11. The Kier molecular flexibility index (Phi) is 12.0. The summed E-state index contributed by atoms with van der Waals surface area (Å²) in [7, 11) is 1.37. The summed E-state index contributed by atoms with van der Waals surface area (Å²) in [6.07, 6.45) is -4.97. The first-order valence-electron chi connectivity index (χ1n) is 19.5. The molecule has 13 heteroatoms. The quantitative estimate of drug-likeness (QED) is 0.150. The Morgan fingerprint density at radius 3 is 2.20 bits per heavy atom. The van der Waals surface area contributed by atoms with Gasteiger partial charge in [-0.1, -0.05) is 34.6 Å². The van der Waals surface area contributed by atoms with Gasteiger partial charge in [0.05, 0.1) is 43.2 Å². The standard InChI is InChI=1S/C38H66O13/c1-18(2)26(50-34-31(45)30(44)27(51-34)17-49-35-32(47-6)29(43)25(42)16-48-35)8-7-19(3)21-14-23(40)33-37(21,5)12-10-28-36(4)11-9-20(39)13-22(36)24(41)15-38(28,33)46/h18-35,39-46H,7-17H2,1-6H3/t19-,20+,21-,22-,23-,24+,25-,26+,27+,28-,29+,30+,31-,32-,33-,34-,35+,36+,37-,38+/m1/s1. The van der Waals surface area contributed by atoms with E-state index in [4.69, 9.17) is 23.7 Å². The van der Waals surface area contributed by atoms with Crippen LogP contribution in [0, 0.1) is 46.3 Å². The van der Waals surface area contributed by atoms with E-state index in [9.17, 15) is 40.9 Å². The predicted octanol–water partition coefficient (Wildman–Crippen LogP) is 1.08. The first-order chi connectivity index (χ1) is 24.0. The van der Waals surface area contributed by atoms with E-state index in [-0.39, 0.29) is 72.1 Å². The molecular formula is C38H66O13. The average molecular weight is 731 g/mol. The molecular weight excluding hydrogens is 664 g/mol. The van der Waals surface area contributed by atoms with Crippen LogP contribution in [0.1, 0.15) is 92.4 Å². The van der Waals surface area contributed by atoms with Crippen molar-refractivity contribution in [3.05, 3.63) is 0 Å². The number of aliphatic hydroxyl groups is 8. The van der Waals surface area contributed by atoms with E-state index >= 15 is 0 Å². The minimum atomic E-state index is -1.31. The Bertz CT molecular complexity index is 1180. The Morgan fingerprint density at radius 2 is 1.51 bits per heavy atom. The summed E-state index contributed by atoms with van der Waals surface area (Å²) in [5.74, 6) is -0.0134. The van der Waals surface area contributed by atoms with Gasteiger partial charge >= 0.3 is 0 Å². The highest BCUT2D eigenvalue weighted by Gasteiger charge is 2.70. The summed E-state index contributed by atoms with van der Waals surface area (Å²) >= 11 is 0. The van der Waals surface area contributed by atoms with Crippen LogP contribution < -0.4 is 0 Å². The number of fused-ring (bicyclic) bond motifs is 5. The summed E-state index contributed by atoms with van der Waals surface area (Å²) in [5, 5.41) is 88.0. The molecule has 0 radical (unpaired) electrons. The average Bonchev–Trinajstić information content (AvgIpc) is 3.50. The summed E-state index contributed by atoms with van der Waals surface area (Å²) in [4.78, 5) is 0. The predicted molar refractivity (Wildman–Crippen MR) is 183 cm³/mol. The number of hydrogen-bond donors (Lipinski definition) is 8. The van der Waals surface area contributed by atoms with Gasteiger partial charge in [-0.05, 0) is 91.8 Å². The van der Waals surface area contributed by atoms with Crippen molar-refractivity contribution < 1.29 is 64.5 Å². The highest BCUT2D eigenvalue weighted by molar-refractivity contribution is 5.20. The summed E-state index contributed by atoms with van der Waals surface area (Å²) in [5.41, 5.74) is -1.77. The molecule has 51 heavy (non-hydrogen) atoms. The lowest BCUT2D eigenvalue weighted by Gasteiger charge is -2.66. The van der Waals surface area contributed by atoms with Crippen LogP contribution in [-0.2, 0) is 23.7 Å². The second-order valence-electron chi connectivity index (χ2n) is 18.1. The van der Waals surface area contributed by atoms with Crippen molar-refractivity contribution in [2.45, 2.75) is 172 Å². The maximum Gasteiger partial charge on any atom is 0.186 e. The lowest BCUT2D eigenvalue weighted by atomic mass is 9.42. The molecule has 0 bridgehead atoms. The first-order valence-corrected chi connectivity index (χ1v) is 19.5. The zero-order valence-corrected chi connectivity index (χ0v) is 31.3. The zero-order valence-electron chi connectivity index (χ0n) is 31.3. The highest BCUT2D eigenvalue weighted by Crippen LogP contribution is 2.69. The van der Waals surface area contributed by atoms with Gasteiger partial charge in [-0.3, -0.25) is 0 Å². The number of ether oxygens (including phenoxy) is 5. The van der Waals surface area contributed by atoms with E-state index in [1.165, 1.54) is 7.11 Å². The minimum absolute atomic E-state index is 0.0371. The van der Waals surface area contributed by atoms with Gasteiger partial charge in [0.25, 0.3) is 0 Å². The molecule has 2 aliphatic heterocycles. The molecule has 0 aromatic rings. The highest BCUT2D eigenvalue weighted by atomic mass is 16.7. The normalized spacial score (nSPS) is 52.6. The third kappa shape index (κ3) is 7.08. The molecule has 4 saturated carbocycles. The Hall–Kier alpha value is -0.520. The van der Waals surface area contributed by atoms with Crippen LogP contribution in [0.15, 0.2) is 0 Å². The van der Waals surface area contributed by atoms with Gasteiger partial charge in [-0.15, -0.1) is 0 Å². The monoisotopic (exact) mass is 730 g/mol. The van der Waals surface area contributed by atoms with Crippen molar-refractivity contribution in [1.82, 2.24) is 0 Å². The van der Waals surface area contributed by atoms with E-state index in [0.29, 0.717) is 25.7 Å². The number of aliphatic hydroxyl groups excluding tert-OH is 7. The fourth-order valence-corrected chi connectivity index (χ4v) is 12.1. The molecule has 0 amide bonds. The maximum absolute atomic E-state index is 12.6. The van der Waals surface area contributed by atoms with Crippen LogP contribution in [0.5, 0.6) is 0 Å². The molecule has 0 spiro atoms. The van der Waals surface area contributed by atoms with Gasteiger partial charge in [0.15, 0.2) is 12.6 Å². The molecule has 0 aromatic carbocycles. The first kappa shape index (κ1) is 40.2. The second kappa shape index (κ2) is 15.2. The second-order valence-corrected chi connectivity index (χ2v) is 18.1. The molecule has 13 nitrogen and oxygen atoms in total. The Balaban J connectivity index is 1.07. The molecule has 0 aromatic heterocycles. The topological polar surface area (TPSA) is 208 Å². The van der Waals surface area contributed by atoms with E-state index in [0.717, 1.165) is 25.7 Å². The lowest BCUT2D eigenvalue weighted by molar-refractivity contribution is -0.285. The smallest absolute Gasteiger partial charge is 0.186 e. The summed E-state index contributed by atoms with van der Waals surface area (Å²) in [6, 6.07) is 0. The van der Waals surface area contributed by atoms with Gasteiger partial charge in [-0.25, -0.2) is 0 Å². The molecule has 8 N–H and O–H groups in total. The third-order valence-corrected chi connectivity index (χ3v) is 14.8. The van der Waals surface area contributed by atoms with Gasteiger partial charge in [-0.2, -0.15) is 0 Å². The van der Waals surface area contributed by atoms with Crippen molar-refractivity contribution in [3.8, 4) is 0 Å². The minimum Gasteiger partial charge on any atom is -0.393 e. The fraction of sp³-hybridized carbons (Fsp3) is 1.00. The molecule has 0 unspecified atom stereocenters. The molecule has 6 fully saturated rings. The van der Waals surface area contributed by atoms with E-state index in [1.54, 1.807) is 0 Å². The van der Waals surface area contributed by atoms with Crippen molar-refractivity contribution in [1.29, 1.82) is 0 Å². The summed E-state index contributed by atoms with van der Waals surface area (Å²) in [6.45, 7) is 10.4. The third-order valence-electron chi connectivity index (χ3n) is 14.8. The van der Waals surface area contributed by atoms with E-state index in [2.05, 4.69) is 20.8 Å². The Labute approximate surface area is 302 Å². The maximum atomic E-state index is 12.6. The van der Waals surface area contributed by atoms with Crippen molar-refractivity contribution >= 4 is 0 Å². The molecule has 20 atom stereocenters. The number of hydrogen-bond acceptors (Lipinski definition) is 13. The van der Waals surface area contributed by atoms with Crippen LogP contribution >= 0.6 is 0 Å². The Morgan fingerprint density at radius 1 is 0.804 bits per heavy atom. The molecule has 296 valence electrons. The van der Waals surface area contributed by atoms with Crippen molar-refractivity contribution in [3.63, 3.8) is 0 Å². The van der Waals surface area contributed by atoms with Crippen LogP contribution in [0.4, 0.5) is 0 Å². The molecule has 2 heterocycles.